The fraction of sp³-hybridized carbons (Fsp3) is 1.00. The topological polar surface area (TPSA) is 26.0 Å². The van der Waals surface area contributed by atoms with Gasteiger partial charge in [0.05, 0.1) is 0 Å². The van der Waals surface area contributed by atoms with Gasteiger partial charge in [0.2, 0.25) is 0 Å². The van der Waals surface area contributed by atoms with E-state index < -0.39 is 0 Å². The van der Waals surface area contributed by atoms with E-state index in [-0.39, 0.29) is 11.0 Å². The molecule has 0 aromatic rings. The van der Waals surface area contributed by atoms with Crippen LogP contribution < -0.4 is 5.73 Å². The van der Waals surface area contributed by atoms with E-state index in [1.54, 1.807) is 0 Å². The lowest BCUT2D eigenvalue weighted by Gasteiger charge is -2.42. The maximum Gasteiger partial charge on any atom is 0.0151 e. The van der Waals surface area contributed by atoms with Crippen molar-refractivity contribution < 1.29 is 0 Å². The minimum absolute atomic E-state index is 0.0822. The average molecular weight is 143 g/mol. The van der Waals surface area contributed by atoms with E-state index >= 15 is 0 Å². The second kappa shape index (κ2) is 2.54. The number of rotatable bonds is 2. The Morgan fingerprint density at radius 1 is 1.00 bits per heavy atom. The summed E-state index contributed by atoms with van der Waals surface area (Å²) in [6.07, 6.45) is 0. The van der Waals surface area contributed by atoms with Gasteiger partial charge in [-0.15, -0.1) is 0 Å². The van der Waals surface area contributed by atoms with Crippen molar-refractivity contribution >= 4 is 0 Å². The summed E-state index contributed by atoms with van der Waals surface area (Å²) in [5, 5.41) is 0. The molecule has 0 unspecified atom stereocenters. The molecule has 0 rings (SSSR count). The molecule has 0 bridgehead atoms. The zero-order chi connectivity index (χ0) is 8.58. The van der Waals surface area contributed by atoms with Gasteiger partial charge < -0.3 is 5.73 Å². The largest absolute Gasteiger partial charge is 0.325 e. The van der Waals surface area contributed by atoms with E-state index in [1.165, 1.54) is 0 Å². The van der Waals surface area contributed by atoms with Crippen LogP contribution in [0.2, 0.25) is 0 Å². The first-order valence-corrected chi connectivity index (χ1v) is 3.98. The Labute approximate surface area is 65.0 Å². The van der Waals surface area contributed by atoms with Crippen molar-refractivity contribution in [1.29, 1.82) is 0 Å². The molecule has 0 saturated carbocycles. The fourth-order valence-corrected chi connectivity index (χ4v) is 0.744. The first kappa shape index (κ1) is 9.96. The molecule has 2 N–H and O–H groups in total. The summed E-state index contributed by atoms with van der Waals surface area (Å²) in [4.78, 5) is 0. The Hall–Kier alpha value is -0.0400. The normalized spacial score (nSPS) is 14.4. The summed E-state index contributed by atoms with van der Waals surface area (Å²) in [6.45, 7) is 13.1. The Kier molecular flexibility index (Phi) is 2.53. The Morgan fingerprint density at radius 3 is 1.30 bits per heavy atom. The van der Waals surface area contributed by atoms with Gasteiger partial charge >= 0.3 is 0 Å². The predicted molar refractivity (Wildman–Crippen MR) is 46.9 cm³/mol. The SMILES string of the molecule is CC(C)C(C)(C)C(C)(C)N. The lowest BCUT2D eigenvalue weighted by atomic mass is 9.68. The van der Waals surface area contributed by atoms with Crippen LogP contribution in [0.1, 0.15) is 41.5 Å². The quantitative estimate of drug-likeness (QED) is 0.631. The Morgan fingerprint density at radius 2 is 1.30 bits per heavy atom. The summed E-state index contributed by atoms with van der Waals surface area (Å²) in [5.74, 6) is 0.632. The summed E-state index contributed by atoms with van der Waals surface area (Å²) in [7, 11) is 0. The molecule has 0 radical (unpaired) electrons. The molecule has 62 valence electrons. The van der Waals surface area contributed by atoms with Crippen LogP contribution >= 0.6 is 0 Å². The zero-order valence-corrected chi connectivity index (χ0v) is 8.15. The van der Waals surface area contributed by atoms with E-state index in [4.69, 9.17) is 5.73 Å². The van der Waals surface area contributed by atoms with Crippen molar-refractivity contribution in [1.82, 2.24) is 0 Å². The zero-order valence-electron chi connectivity index (χ0n) is 8.15. The molecule has 0 spiro atoms. The third kappa shape index (κ3) is 1.72. The Bertz CT molecular complexity index is 106. The molecule has 1 nitrogen and oxygen atoms in total. The van der Waals surface area contributed by atoms with Crippen LogP contribution in [0.15, 0.2) is 0 Å². The van der Waals surface area contributed by atoms with Gasteiger partial charge in [-0.2, -0.15) is 0 Å². The molecule has 0 aliphatic rings. The summed E-state index contributed by atoms with van der Waals surface area (Å²) in [6, 6.07) is 0. The van der Waals surface area contributed by atoms with Crippen LogP contribution in [0.3, 0.4) is 0 Å². The second-order valence-electron chi connectivity index (χ2n) is 4.60. The highest BCUT2D eigenvalue weighted by Crippen LogP contribution is 2.35. The molecule has 0 fully saturated rings. The Balaban J connectivity index is 4.40. The van der Waals surface area contributed by atoms with Gasteiger partial charge in [0.15, 0.2) is 0 Å². The van der Waals surface area contributed by atoms with E-state index in [0.29, 0.717) is 5.92 Å². The third-order valence-electron chi connectivity index (χ3n) is 3.10. The molecule has 0 saturated heterocycles. The van der Waals surface area contributed by atoms with Gasteiger partial charge in [-0.1, -0.05) is 27.7 Å². The highest BCUT2D eigenvalue weighted by molar-refractivity contribution is 4.91. The van der Waals surface area contributed by atoms with Crippen molar-refractivity contribution in [3.63, 3.8) is 0 Å². The standard InChI is InChI=1S/C9H21N/c1-7(2)8(3,4)9(5,6)10/h7H,10H2,1-6H3. The van der Waals surface area contributed by atoms with E-state index in [9.17, 15) is 0 Å². The smallest absolute Gasteiger partial charge is 0.0151 e. The predicted octanol–water partition coefficient (Wildman–Crippen LogP) is 2.41. The third-order valence-corrected chi connectivity index (χ3v) is 3.10. The summed E-state index contributed by atoms with van der Waals surface area (Å²) < 4.78 is 0. The minimum atomic E-state index is -0.0822. The molecule has 0 aromatic carbocycles. The molecule has 1 heteroatoms. The number of hydrogen-bond acceptors (Lipinski definition) is 1. The van der Waals surface area contributed by atoms with E-state index in [1.807, 2.05) is 0 Å². The highest BCUT2D eigenvalue weighted by Gasteiger charge is 2.35. The van der Waals surface area contributed by atoms with Crippen molar-refractivity contribution in [2.75, 3.05) is 0 Å². The summed E-state index contributed by atoms with van der Waals surface area (Å²) >= 11 is 0. The van der Waals surface area contributed by atoms with Crippen LogP contribution in [0, 0.1) is 11.3 Å². The fourth-order valence-electron chi connectivity index (χ4n) is 0.744. The van der Waals surface area contributed by atoms with Gasteiger partial charge in [0, 0.05) is 5.54 Å². The van der Waals surface area contributed by atoms with Crippen LogP contribution in [0.25, 0.3) is 0 Å². The van der Waals surface area contributed by atoms with Crippen molar-refractivity contribution in [3.8, 4) is 0 Å². The maximum atomic E-state index is 6.01. The maximum absolute atomic E-state index is 6.01. The molecular formula is C9H21N. The van der Waals surface area contributed by atoms with Crippen LogP contribution in [0.4, 0.5) is 0 Å². The molecule has 0 amide bonds. The molecule has 10 heavy (non-hydrogen) atoms. The monoisotopic (exact) mass is 143 g/mol. The van der Waals surface area contributed by atoms with Gasteiger partial charge in [-0.25, -0.2) is 0 Å². The van der Waals surface area contributed by atoms with Gasteiger partial charge in [0.1, 0.15) is 0 Å². The molecule has 0 aliphatic heterocycles. The second-order valence-corrected chi connectivity index (χ2v) is 4.60. The van der Waals surface area contributed by atoms with Gasteiger partial charge in [-0.3, -0.25) is 0 Å². The average Bonchev–Trinajstić information content (AvgIpc) is 1.62. The molecular weight excluding hydrogens is 122 g/mol. The number of nitrogens with two attached hydrogens (primary N) is 1. The van der Waals surface area contributed by atoms with Crippen LogP contribution in [-0.2, 0) is 0 Å². The van der Waals surface area contributed by atoms with Gasteiger partial charge in [-0.05, 0) is 25.2 Å². The molecule has 0 aliphatic carbocycles. The van der Waals surface area contributed by atoms with Crippen LogP contribution in [0.5, 0.6) is 0 Å². The lowest BCUT2D eigenvalue weighted by molar-refractivity contribution is 0.131. The van der Waals surface area contributed by atoms with Gasteiger partial charge in [0.25, 0.3) is 0 Å². The van der Waals surface area contributed by atoms with E-state index in [0.717, 1.165) is 0 Å². The van der Waals surface area contributed by atoms with Crippen molar-refractivity contribution in [3.05, 3.63) is 0 Å². The van der Waals surface area contributed by atoms with E-state index in [2.05, 4.69) is 41.5 Å². The lowest BCUT2D eigenvalue weighted by Crippen LogP contribution is -2.50. The van der Waals surface area contributed by atoms with Crippen molar-refractivity contribution in [2.45, 2.75) is 47.1 Å². The molecule has 0 heterocycles. The first-order chi connectivity index (χ1) is 4.19. The highest BCUT2D eigenvalue weighted by atomic mass is 14.8. The minimum Gasteiger partial charge on any atom is -0.325 e. The van der Waals surface area contributed by atoms with Crippen LogP contribution in [-0.4, -0.2) is 5.54 Å². The van der Waals surface area contributed by atoms with Crippen molar-refractivity contribution in [2.24, 2.45) is 17.1 Å². The molecule has 0 aromatic heterocycles. The molecule has 0 atom stereocenters. The first-order valence-electron chi connectivity index (χ1n) is 3.98. The number of hydrogen-bond donors (Lipinski definition) is 1. The summed E-state index contributed by atoms with van der Waals surface area (Å²) in [5.41, 5.74) is 6.15.